The first kappa shape index (κ1) is 21.2. The lowest BCUT2D eigenvalue weighted by Gasteiger charge is -2.30. The van der Waals surface area contributed by atoms with Crippen LogP contribution in [0.5, 0.6) is 5.75 Å². The molecule has 1 amide bonds. The Labute approximate surface area is 163 Å². The molecule has 2 aromatic carbocycles. The van der Waals surface area contributed by atoms with E-state index >= 15 is 0 Å². The topological polar surface area (TPSA) is 119 Å². The van der Waals surface area contributed by atoms with E-state index < -0.39 is 26.9 Å². The summed E-state index contributed by atoms with van der Waals surface area (Å²) >= 11 is 0. The molecule has 9 nitrogen and oxygen atoms in total. The third kappa shape index (κ3) is 4.97. The molecular weight excluding hydrogens is 386 g/mol. The van der Waals surface area contributed by atoms with E-state index in [-0.39, 0.29) is 17.8 Å². The maximum atomic E-state index is 12.8. The van der Waals surface area contributed by atoms with Gasteiger partial charge in [0.15, 0.2) is 0 Å². The van der Waals surface area contributed by atoms with Crippen LogP contribution in [0.15, 0.2) is 48.5 Å². The molecule has 0 aliphatic carbocycles. The van der Waals surface area contributed by atoms with Crippen LogP contribution in [0.1, 0.15) is 13.3 Å². The Morgan fingerprint density at radius 1 is 1.25 bits per heavy atom. The molecule has 10 heteroatoms. The second kappa shape index (κ2) is 8.70. The number of nitrogens with one attached hydrogen (secondary N) is 1. The summed E-state index contributed by atoms with van der Waals surface area (Å²) in [5, 5.41) is 13.7. The number of anilines is 2. The van der Waals surface area contributed by atoms with Crippen molar-refractivity contribution in [2.75, 3.05) is 23.0 Å². The standard InChI is InChI=1S/C18H21N3O6S/c1-4-17(18(22)19-13-8-10-16(27-2)11-9-13)20(28(3,25)26)14-6-5-7-15(12-14)21(23)24/h5-12,17H,4H2,1-3H3,(H,19,22)/t17-/m0/s1. The van der Waals surface area contributed by atoms with Gasteiger partial charge in [-0.3, -0.25) is 19.2 Å². The number of rotatable bonds is 8. The molecule has 0 heterocycles. The molecule has 0 aliphatic rings. The van der Waals surface area contributed by atoms with Gasteiger partial charge in [-0.05, 0) is 36.8 Å². The number of ether oxygens (including phenoxy) is 1. The van der Waals surface area contributed by atoms with Gasteiger partial charge in [0.25, 0.3) is 5.69 Å². The van der Waals surface area contributed by atoms with Gasteiger partial charge in [0, 0.05) is 17.8 Å². The molecule has 1 N–H and O–H groups in total. The zero-order valence-electron chi connectivity index (χ0n) is 15.7. The summed E-state index contributed by atoms with van der Waals surface area (Å²) in [4.78, 5) is 23.2. The summed E-state index contributed by atoms with van der Waals surface area (Å²) in [6.45, 7) is 1.66. The van der Waals surface area contributed by atoms with E-state index in [9.17, 15) is 23.3 Å². The van der Waals surface area contributed by atoms with Crippen LogP contribution in [0.25, 0.3) is 0 Å². The highest BCUT2D eigenvalue weighted by Gasteiger charge is 2.32. The lowest BCUT2D eigenvalue weighted by molar-refractivity contribution is -0.384. The number of benzene rings is 2. The van der Waals surface area contributed by atoms with Crippen LogP contribution in [0.2, 0.25) is 0 Å². The number of hydrogen-bond acceptors (Lipinski definition) is 6. The zero-order valence-corrected chi connectivity index (χ0v) is 16.5. The van der Waals surface area contributed by atoms with Crippen LogP contribution < -0.4 is 14.4 Å². The van der Waals surface area contributed by atoms with Crippen LogP contribution in [-0.4, -0.2) is 38.7 Å². The average Bonchev–Trinajstić information content (AvgIpc) is 2.65. The predicted molar refractivity (Wildman–Crippen MR) is 106 cm³/mol. The lowest BCUT2D eigenvalue weighted by Crippen LogP contribution is -2.47. The van der Waals surface area contributed by atoms with E-state index in [2.05, 4.69) is 5.32 Å². The molecule has 0 radical (unpaired) electrons. The minimum absolute atomic E-state index is 0.0495. The number of hydrogen-bond donors (Lipinski definition) is 1. The first-order valence-corrected chi connectivity index (χ1v) is 10.2. The first-order valence-electron chi connectivity index (χ1n) is 8.36. The molecule has 0 unspecified atom stereocenters. The van der Waals surface area contributed by atoms with E-state index in [1.165, 1.54) is 25.3 Å². The highest BCUT2D eigenvalue weighted by atomic mass is 32.2. The largest absolute Gasteiger partial charge is 0.497 e. The lowest BCUT2D eigenvalue weighted by atomic mass is 10.1. The fourth-order valence-electron chi connectivity index (χ4n) is 2.70. The maximum absolute atomic E-state index is 12.8. The number of nitrogens with zero attached hydrogens (tertiary/aromatic N) is 2. The molecule has 0 saturated carbocycles. The molecule has 28 heavy (non-hydrogen) atoms. The number of non-ortho nitro benzene ring substituents is 1. The van der Waals surface area contributed by atoms with Crippen molar-refractivity contribution in [3.05, 3.63) is 58.6 Å². The number of carbonyl (C=O) groups excluding carboxylic acids is 1. The van der Waals surface area contributed by atoms with Crippen molar-refractivity contribution in [2.24, 2.45) is 0 Å². The second-order valence-electron chi connectivity index (χ2n) is 5.98. The molecule has 0 fully saturated rings. The summed E-state index contributed by atoms with van der Waals surface area (Å²) in [5.74, 6) is 0.0593. The monoisotopic (exact) mass is 407 g/mol. The molecule has 0 saturated heterocycles. The molecule has 2 rings (SSSR count). The molecular formula is C18H21N3O6S. The van der Waals surface area contributed by atoms with E-state index in [1.54, 1.807) is 31.2 Å². The summed E-state index contributed by atoms with van der Waals surface area (Å²) in [5.41, 5.74) is 0.252. The molecule has 2 aromatic rings. The second-order valence-corrected chi connectivity index (χ2v) is 7.84. The number of nitro benzene ring substituents is 1. The van der Waals surface area contributed by atoms with Crippen molar-refractivity contribution in [3.8, 4) is 5.75 Å². The Morgan fingerprint density at radius 2 is 1.89 bits per heavy atom. The van der Waals surface area contributed by atoms with Crippen molar-refractivity contribution in [1.82, 2.24) is 0 Å². The third-order valence-corrected chi connectivity index (χ3v) is 5.16. The fraction of sp³-hybridized carbons (Fsp3) is 0.278. The summed E-state index contributed by atoms with van der Waals surface area (Å²) in [7, 11) is -2.37. The summed E-state index contributed by atoms with van der Waals surface area (Å²) in [6, 6.07) is 10.7. The minimum atomic E-state index is -3.89. The predicted octanol–water partition coefficient (Wildman–Crippen LogP) is 2.79. The van der Waals surface area contributed by atoms with Gasteiger partial charge in [0.1, 0.15) is 11.8 Å². The van der Waals surface area contributed by atoms with Gasteiger partial charge in [0.05, 0.1) is 24.0 Å². The van der Waals surface area contributed by atoms with Gasteiger partial charge in [-0.1, -0.05) is 13.0 Å². The number of sulfonamides is 1. The molecule has 0 bridgehead atoms. The van der Waals surface area contributed by atoms with Crippen molar-refractivity contribution in [3.63, 3.8) is 0 Å². The Morgan fingerprint density at radius 3 is 2.39 bits per heavy atom. The van der Waals surface area contributed by atoms with Gasteiger partial charge < -0.3 is 10.1 Å². The van der Waals surface area contributed by atoms with Gasteiger partial charge >= 0.3 is 0 Å². The van der Waals surface area contributed by atoms with E-state index in [1.807, 2.05) is 0 Å². The number of nitro groups is 1. The van der Waals surface area contributed by atoms with E-state index in [0.29, 0.717) is 11.4 Å². The fourth-order valence-corrected chi connectivity index (χ4v) is 3.91. The molecule has 0 aromatic heterocycles. The number of amides is 1. The highest BCUT2D eigenvalue weighted by molar-refractivity contribution is 7.92. The van der Waals surface area contributed by atoms with Crippen LogP contribution in [0.3, 0.4) is 0 Å². The Hall–Kier alpha value is -3.14. The maximum Gasteiger partial charge on any atom is 0.271 e. The first-order chi connectivity index (χ1) is 13.2. The Balaban J connectivity index is 2.38. The van der Waals surface area contributed by atoms with Crippen molar-refractivity contribution < 1.29 is 22.9 Å². The Kier molecular flexibility index (Phi) is 6.57. The zero-order chi connectivity index (χ0) is 20.9. The molecule has 150 valence electrons. The van der Waals surface area contributed by atoms with Gasteiger partial charge in [0.2, 0.25) is 15.9 Å². The van der Waals surface area contributed by atoms with E-state index in [4.69, 9.17) is 4.74 Å². The van der Waals surface area contributed by atoms with Crippen LogP contribution in [0.4, 0.5) is 17.1 Å². The van der Waals surface area contributed by atoms with Crippen LogP contribution in [0, 0.1) is 10.1 Å². The Bertz CT molecular complexity index is 960. The van der Waals surface area contributed by atoms with Gasteiger partial charge in [-0.15, -0.1) is 0 Å². The SMILES string of the molecule is CC[C@@H](C(=O)Nc1ccc(OC)cc1)N(c1cccc([N+](=O)[O-])c1)S(C)(=O)=O. The quantitative estimate of drug-likeness (QED) is 0.531. The van der Waals surface area contributed by atoms with Gasteiger partial charge in [-0.2, -0.15) is 0 Å². The highest BCUT2D eigenvalue weighted by Crippen LogP contribution is 2.27. The van der Waals surface area contributed by atoms with Crippen molar-refractivity contribution in [2.45, 2.75) is 19.4 Å². The van der Waals surface area contributed by atoms with Crippen molar-refractivity contribution in [1.29, 1.82) is 0 Å². The molecule has 0 aliphatic heterocycles. The molecule has 1 atom stereocenters. The van der Waals surface area contributed by atoms with Gasteiger partial charge in [-0.25, -0.2) is 8.42 Å². The van der Waals surface area contributed by atoms with Crippen LogP contribution >= 0.6 is 0 Å². The normalized spacial score (nSPS) is 12.1. The van der Waals surface area contributed by atoms with Crippen molar-refractivity contribution >= 4 is 33.0 Å². The summed E-state index contributed by atoms with van der Waals surface area (Å²) in [6.07, 6.45) is 1.12. The smallest absolute Gasteiger partial charge is 0.271 e. The number of methoxy groups -OCH3 is 1. The minimum Gasteiger partial charge on any atom is -0.497 e. The van der Waals surface area contributed by atoms with E-state index in [0.717, 1.165) is 16.6 Å². The summed E-state index contributed by atoms with van der Waals surface area (Å²) < 4.78 is 30.8. The molecule has 0 spiro atoms. The number of carbonyl (C=O) groups is 1. The van der Waals surface area contributed by atoms with Crippen LogP contribution in [-0.2, 0) is 14.8 Å². The average molecular weight is 407 g/mol. The third-order valence-electron chi connectivity index (χ3n) is 3.98.